The summed E-state index contributed by atoms with van der Waals surface area (Å²) in [5, 5.41) is 0. The van der Waals surface area contributed by atoms with E-state index in [-0.39, 0.29) is 11.8 Å². The number of nitrogens with zero attached hydrogens (tertiary/aromatic N) is 3. The molecule has 0 radical (unpaired) electrons. The van der Waals surface area contributed by atoms with E-state index in [2.05, 4.69) is 9.97 Å². The quantitative estimate of drug-likeness (QED) is 0.751. The summed E-state index contributed by atoms with van der Waals surface area (Å²) in [6, 6.07) is 1.74. The molecule has 80 valence electrons. The highest BCUT2D eigenvalue weighted by Gasteiger charge is 2.34. The maximum atomic E-state index is 12.0. The van der Waals surface area contributed by atoms with Gasteiger partial charge in [0.25, 0.3) is 0 Å². The molecule has 1 saturated carbocycles. The Kier molecular flexibility index (Phi) is 2.66. The molecule has 1 amide bonds. The maximum Gasteiger partial charge on any atom is 0.232 e. The highest BCUT2D eigenvalue weighted by molar-refractivity contribution is 5.92. The fraction of sp³-hybridized carbons (Fsp3) is 0.545. The highest BCUT2D eigenvalue weighted by atomic mass is 16.2. The lowest BCUT2D eigenvalue weighted by atomic mass is 10.1. The van der Waals surface area contributed by atoms with Gasteiger partial charge in [-0.2, -0.15) is 0 Å². The van der Waals surface area contributed by atoms with E-state index in [9.17, 15) is 4.79 Å². The van der Waals surface area contributed by atoms with Crippen LogP contribution in [0.5, 0.6) is 0 Å². The third-order valence-corrected chi connectivity index (χ3v) is 2.90. The average Bonchev–Trinajstić information content (AvgIpc) is 3.11. The Morgan fingerprint density at radius 1 is 1.47 bits per heavy atom. The predicted molar refractivity (Wildman–Crippen MR) is 57.3 cm³/mol. The van der Waals surface area contributed by atoms with E-state index in [1.807, 2.05) is 6.92 Å². The van der Waals surface area contributed by atoms with E-state index in [1.165, 1.54) is 12.8 Å². The van der Waals surface area contributed by atoms with Crippen LogP contribution < -0.4 is 4.90 Å². The lowest BCUT2D eigenvalue weighted by Gasteiger charge is -2.18. The van der Waals surface area contributed by atoms with Crippen LogP contribution in [0.4, 0.5) is 5.95 Å². The number of hydrogen-bond donors (Lipinski definition) is 0. The molecule has 1 atom stereocenters. The van der Waals surface area contributed by atoms with Gasteiger partial charge in [0.2, 0.25) is 11.9 Å². The second-order valence-electron chi connectivity index (χ2n) is 4.07. The lowest BCUT2D eigenvalue weighted by Crippen LogP contribution is -2.33. The van der Waals surface area contributed by atoms with Gasteiger partial charge in [-0.3, -0.25) is 9.69 Å². The second kappa shape index (κ2) is 3.96. The summed E-state index contributed by atoms with van der Waals surface area (Å²) in [6.45, 7) is 1.99. The van der Waals surface area contributed by atoms with E-state index < -0.39 is 0 Å². The van der Waals surface area contributed by atoms with E-state index in [4.69, 9.17) is 0 Å². The van der Waals surface area contributed by atoms with Crippen molar-refractivity contribution in [3.8, 4) is 0 Å². The summed E-state index contributed by atoms with van der Waals surface area (Å²) >= 11 is 0. The van der Waals surface area contributed by atoms with Gasteiger partial charge >= 0.3 is 0 Å². The largest absolute Gasteiger partial charge is 0.284 e. The standard InChI is InChI=1S/C11H15N3O/c1-8(9-4-5-9)10(15)14(2)11-12-6-3-7-13-11/h3,6-9H,4-5H2,1-2H3/t8-/m0/s1. The van der Waals surface area contributed by atoms with Crippen LogP contribution in [-0.2, 0) is 4.79 Å². The monoisotopic (exact) mass is 205 g/mol. The first-order valence-corrected chi connectivity index (χ1v) is 5.24. The van der Waals surface area contributed by atoms with Crippen molar-refractivity contribution in [1.82, 2.24) is 9.97 Å². The molecule has 1 fully saturated rings. The van der Waals surface area contributed by atoms with Crippen LogP contribution in [0.3, 0.4) is 0 Å². The number of rotatable bonds is 3. The van der Waals surface area contributed by atoms with Crippen LogP contribution in [0.2, 0.25) is 0 Å². The lowest BCUT2D eigenvalue weighted by molar-refractivity contribution is -0.122. The molecule has 15 heavy (non-hydrogen) atoms. The van der Waals surface area contributed by atoms with Crippen molar-refractivity contribution in [2.75, 3.05) is 11.9 Å². The molecule has 1 aliphatic carbocycles. The van der Waals surface area contributed by atoms with E-state index in [0.29, 0.717) is 11.9 Å². The molecule has 0 aromatic carbocycles. The van der Waals surface area contributed by atoms with Gasteiger partial charge in [0, 0.05) is 25.4 Å². The molecule has 4 heteroatoms. The van der Waals surface area contributed by atoms with Gasteiger partial charge in [-0.15, -0.1) is 0 Å². The highest BCUT2D eigenvalue weighted by Crippen LogP contribution is 2.37. The van der Waals surface area contributed by atoms with Gasteiger partial charge in [0.05, 0.1) is 0 Å². The first kappa shape index (κ1) is 10.1. The SMILES string of the molecule is C[C@H](C(=O)N(C)c1ncccn1)C1CC1. The molecular weight excluding hydrogens is 190 g/mol. The van der Waals surface area contributed by atoms with Crippen LogP contribution >= 0.6 is 0 Å². The number of amides is 1. The smallest absolute Gasteiger partial charge is 0.232 e. The minimum absolute atomic E-state index is 0.0961. The van der Waals surface area contributed by atoms with Crippen molar-refractivity contribution in [3.05, 3.63) is 18.5 Å². The van der Waals surface area contributed by atoms with Gasteiger partial charge in [-0.1, -0.05) is 6.92 Å². The normalized spacial score (nSPS) is 17.2. The van der Waals surface area contributed by atoms with Crippen LogP contribution in [-0.4, -0.2) is 22.9 Å². The Bertz CT molecular complexity index is 348. The topological polar surface area (TPSA) is 46.1 Å². The molecular formula is C11H15N3O. The van der Waals surface area contributed by atoms with Crippen LogP contribution in [0.25, 0.3) is 0 Å². The van der Waals surface area contributed by atoms with Crippen molar-refractivity contribution >= 4 is 11.9 Å². The zero-order valence-corrected chi connectivity index (χ0v) is 9.05. The van der Waals surface area contributed by atoms with Crippen molar-refractivity contribution in [2.24, 2.45) is 11.8 Å². The number of aromatic nitrogens is 2. The molecule has 1 heterocycles. The fourth-order valence-corrected chi connectivity index (χ4v) is 1.67. The van der Waals surface area contributed by atoms with Crippen LogP contribution in [0.1, 0.15) is 19.8 Å². The zero-order chi connectivity index (χ0) is 10.8. The van der Waals surface area contributed by atoms with Gasteiger partial charge in [-0.25, -0.2) is 9.97 Å². The Balaban J connectivity index is 2.07. The van der Waals surface area contributed by atoms with Crippen LogP contribution in [0, 0.1) is 11.8 Å². The molecule has 0 bridgehead atoms. The van der Waals surface area contributed by atoms with Gasteiger partial charge in [0.15, 0.2) is 0 Å². The number of carbonyl (C=O) groups is 1. The average molecular weight is 205 g/mol. The zero-order valence-electron chi connectivity index (χ0n) is 9.05. The number of hydrogen-bond acceptors (Lipinski definition) is 3. The minimum Gasteiger partial charge on any atom is -0.284 e. The van der Waals surface area contributed by atoms with E-state index in [0.717, 1.165) is 0 Å². The Hall–Kier alpha value is -1.45. The minimum atomic E-state index is 0.0961. The van der Waals surface area contributed by atoms with Crippen LogP contribution in [0.15, 0.2) is 18.5 Å². The Morgan fingerprint density at radius 3 is 2.60 bits per heavy atom. The van der Waals surface area contributed by atoms with E-state index in [1.54, 1.807) is 30.4 Å². The summed E-state index contributed by atoms with van der Waals surface area (Å²) in [5.74, 6) is 1.26. The summed E-state index contributed by atoms with van der Waals surface area (Å²) in [7, 11) is 1.73. The number of carbonyl (C=O) groups excluding carboxylic acids is 1. The number of anilines is 1. The Morgan fingerprint density at radius 2 is 2.07 bits per heavy atom. The molecule has 1 aliphatic rings. The second-order valence-corrected chi connectivity index (χ2v) is 4.07. The fourth-order valence-electron chi connectivity index (χ4n) is 1.67. The van der Waals surface area contributed by atoms with Gasteiger partial charge < -0.3 is 0 Å². The summed E-state index contributed by atoms with van der Waals surface area (Å²) < 4.78 is 0. The molecule has 0 saturated heterocycles. The maximum absolute atomic E-state index is 12.0. The first-order valence-electron chi connectivity index (χ1n) is 5.24. The molecule has 0 N–H and O–H groups in total. The van der Waals surface area contributed by atoms with E-state index >= 15 is 0 Å². The molecule has 1 aromatic rings. The third kappa shape index (κ3) is 2.14. The first-order chi connectivity index (χ1) is 7.20. The predicted octanol–water partition coefficient (Wildman–Crippen LogP) is 1.49. The summed E-state index contributed by atoms with van der Waals surface area (Å²) in [4.78, 5) is 21.6. The molecule has 2 rings (SSSR count). The summed E-state index contributed by atoms with van der Waals surface area (Å²) in [6.07, 6.45) is 5.65. The summed E-state index contributed by atoms with van der Waals surface area (Å²) in [5.41, 5.74) is 0. The Labute approximate surface area is 89.3 Å². The third-order valence-electron chi connectivity index (χ3n) is 2.90. The van der Waals surface area contributed by atoms with Gasteiger partial charge in [0.1, 0.15) is 0 Å². The molecule has 0 spiro atoms. The molecule has 0 aliphatic heterocycles. The molecule has 1 aromatic heterocycles. The van der Waals surface area contributed by atoms with Gasteiger partial charge in [-0.05, 0) is 24.8 Å². The van der Waals surface area contributed by atoms with Crippen molar-refractivity contribution in [2.45, 2.75) is 19.8 Å². The molecule has 0 unspecified atom stereocenters. The van der Waals surface area contributed by atoms with Crippen molar-refractivity contribution in [1.29, 1.82) is 0 Å². The van der Waals surface area contributed by atoms with Crippen molar-refractivity contribution < 1.29 is 4.79 Å². The molecule has 4 nitrogen and oxygen atoms in total. The van der Waals surface area contributed by atoms with Crippen molar-refractivity contribution in [3.63, 3.8) is 0 Å².